The zero-order chi connectivity index (χ0) is 14.1. The predicted molar refractivity (Wildman–Crippen MR) is 72.1 cm³/mol. The van der Waals surface area contributed by atoms with Crippen LogP contribution in [0, 0.1) is 5.82 Å². The first kappa shape index (κ1) is 15.9. The number of halogens is 1. The minimum absolute atomic E-state index is 0.137. The van der Waals surface area contributed by atoms with Crippen molar-refractivity contribution >= 4 is 0 Å². The first-order valence-corrected chi connectivity index (χ1v) is 6.33. The Hall–Kier alpha value is -1.17. The fourth-order valence-electron chi connectivity index (χ4n) is 1.81. The molecule has 0 fully saturated rings. The van der Waals surface area contributed by atoms with Gasteiger partial charge in [0.25, 0.3) is 0 Å². The van der Waals surface area contributed by atoms with Crippen LogP contribution in [0.15, 0.2) is 18.2 Å². The van der Waals surface area contributed by atoms with Gasteiger partial charge in [0.15, 0.2) is 0 Å². The molecule has 0 bridgehead atoms. The molecule has 0 aliphatic heterocycles. The van der Waals surface area contributed by atoms with Crippen LogP contribution in [0.25, 0.3) is 0 Å². The molecule has 1 N–H and O–H groups in total. The molecule has 0 heterocycles. The molecule has 1 rings (SSSR count). The van der Waals surface area contributed by atoms with Crippen LogP contribution in [0.5, 0.6) is 5.75 Å². The van der Waals surface area contributed by atoms with E-state index in [4.69, 9.17) is 14.2 Å². The summed E-state index contributed by atoms with van der Waals surface area (Å²) in [4.78, 5) is 0. The summed E-state index contributed by atoms with van der Waals surface area (Å²) >= 11 is 0. The molecule has 1 unspecified atom stereocenters. The summed E-state index contributed by atoms with van der Waals surface area (Å²) < 4.78 is 29.2. The third kappa shape index (κ3) is 5.14. The molecular weight excluding hydrogens is 249 g/mol. The third-order valence-corrected chi connectivity index (χ3v) is 2.79. The second-order valence-electron chi connectivity index (χ2n) is 4.14. The highest BCUT2D eigenvalue weighted by Crippen LogP contribution is 2.27. The average molecular weight is 271 g/mol. The Balaban J connectivity index is 2.43. The van der Waals surface area contributed by atoms with Crippen molar-refractivity contribution in [2.75, 3.05) is 40.6 Å². The van der Waals surface area contributed by atoms with Crippen molar-refractivity contribution in [1.29, 1.82) is 0 Å². The summed E-state index contributed by atoms with van der Waals surface area (Å²) in [6.07, 6.45) is 0. The maximum Gasteiger partial charge on any atom is 0.131 e. The smallest absolute Gasteiger partial charge is 0.131 e. The highest BCUT2D eigenvalue weighted by Gasteiger charge is 2.15. The van der Waals surface area contributed by atoms with E-state index in [1.54, 1.807) is 26.4 Å². The number of ether oxygens (including phenoxy) is 3. The van der Waals surface area contributed by atoms with Crippen LogP contribution in [-0.4, -0.2) is 40.6 Å². The number of hydrogen-bond acceptors (Lipinski definition) is 4. The number of hydrogen-bond donors (Lipinski definition) is 1. The molecule has 1 aromatic carbocycles. The number of rotatable bonds is 9. The Bertz CT molecular complexity index is 374. The molecule has 0 saturated heterocycles. The van der Waals surface area contributed by atoms with E-state index in [-0.39, 0.29) is 11.9 Å². The molecule has 0 spiro atoms. The van der Waals surface area contributed by atoms with Crippen molar-refractivity contribution in [1.82, 2.24) is 5.32 Å². The molecule has 19 heavy (non-hydrogen) atoms. The van der Waals surface area contributed by atoms with Gasteiger partial charge in [0.05, 0.1) is 26.9 Å². The summed E-state index contributed by atoms with van der Waals surface area (Å²) in [6.45, 7) is 4.25. The van der Waals surface area contributed by atoms with Crippen LogP contribution in [0.1, 0.15) is 18.5 Å². The fraction of sp³-hybridized carbons (Fsp3) is 0.571. The second-order valence-corrected chi connectivity index (χ2v) is 4.14. The van der Waals surface area contributed by atoms with E-state index in [1.807, 2.05) is 6.92 Å². The minimum Gasteiger partial charge on any atom is -0.496 e. The van der Waals surface area contributed by atoms with Gasteiger partial charge in [-0.2, -0.15) is 0 Å². The monoisotopic (exact) mass is 271 g/mol. The lowest BCUT2D eigenvalue weighted by atomic mass is 10.1. The molecule has 1 aromatic rings. The standard InChI is InChI=1S/C14H22FNO3/c1-11(16-7-8-19-10-9-17-2)14-12(15)5-4-6-13(14)18-3/h4-6,11,16H,7-10H2,1-3H3. The van der Waals surface area contributed by atoms with Gasteiger partial charge in [-0.05, 0) is 19.1 Å². The van der Waals surface area contributed by atoms with Crippen LogP contribution in [-0.2, 0) is 9.47 Å². The molecular formula is C14H22FNO3. The highest BCUT2D eigenvalue weighted by molar-refractivity contribution is 5.36. The van der Waals surface area contributed by atoms with E-state index in [0.29, 0.717) is 37.7 Å². The van der Waals surface area contributed by atoms with E-state index < -0.39 is 0 Å². The van der Waals surface area contributed by atoms with Gasteiger partial charge < -0.3 is 19.5 Å². The largest absolute Gasteiger partial charge is 0.496 e. The number of nitrogens with one attached hydrogen (secondary N) is 1. The lowest BCUT2D eigenvalue weighted by Crippen LogP contribution is -2.25. The van der Waals surface area contributed by atoms with E-state index in [2.05, 4.69) is 5.32 Å². The number of benzene rings is 1. The summed E-state index contributed by atoms with van der Waals surface area (Å²) in [7, 11) is 3.17. The predicted octanol–water partition coefficient (Wildman–Crippen LogP) is 2.15. The van der Waals surface area contributed by atoms with E-state index >= 15 is 0 Å². The van der Waals surface area contributed by atoms with Crippen LogP contribution >= 0.6 is 0 Å². The Labute approximate surface area is 113 Å². The summed E-state index contributed by atoms with van der Waals surface area (Å²) in [5, 5.41) is 3.21. The van der Waals surface area contributed by atoms with E-state index in [9.17, 15) is 4.39 Å². The quantitative estimate of drug-likeness (QED) is 0.699. The van der Waals surface area contributed by atoms with Crippen molar-refractivity contribution < 1.29 is 18.6 Å². The molecule has 1 atom stereocenters. The molecule has 108 valence electrons. The molecule has 0 amide bonds. The van der Waals surface area contributed by atoms with Gasteiger partial charge in [0.1, 0.15) is 11.6 Å². The van der Waals surface area contributed by atoms with Crippen molar-refractivity contribution in [3.05, 3.63) is 29.6 Å². The molecule has 0 aromatic heterocycles. The zero-order valence-corrected chi connectivity index (χ0v) is 11.7. The van der Waals surface area contributed by atoms with Gasteiger partial charge in [-0.3, -0.25) is 0 Å². The molecule has 0 aliphatic rings. The molecule has 4 nitrogen and oxygen atoms in total. The van der Waals surface area contributed by atoms with Crippen molar-refractivity contribution in [3.63, 3.8) is 0 Å². The Morgan fingerprint density at radius 1 is 1.21 bits per heavy atom. The summed E-state index contributed by atoms with van der Waals surface area (Å²) in [6, 6.07) is 4.69. The summed E-state index contributed by atoms with van der Waals surface area (Å²) in [5.74, 6) is 0.292. The molecule has 5 heteroatoms. The topological polar surface area (TPSA) is 39.7 Å². The Kier molecular flexibility index (Phi) is 7.40. The van der Waals surface area contributed by atoms with E-state index in [1.165, 1.54) is 6.07 Å². The van der Waals surface area contributed by atoms with Gasteiger partial charge in [-0.25, -0.2) is 4.39 Å². The average Bonchev–Trinajstić information content (AvgIpc) is 2.42. The van der Waals surface area contributed by atoms with Crippen molar-refractivity contribution in [2.24, 2.45) is 0 Å². The first-order valence-electron chi connectivity index (χ1n) is 6.33. The number of methoxy groups -OCH3 is 2. The maximum absolute atomic E-state index is 13.8. The van der Waals surface area contributed by atoms with Gasteiger partial charge in [-0.1, -0.05) is 6.07 Å². The molecule has 0 aliphatic carbocycles. The van der Waals surface area contributed by atoms with E-state index in [0.717, 1.165) is 0 Å². The third-order valence-electron chi connectivity index (χ3n) is 2.79. The van der Waals surface area contributed by atoms with Crippen LogP contribution in [0.2, 0.25) is 0 Å². The van der Waals surface area contributed by atoms with Crippen molar-refractivity contribution in [3.8, 4) is 5.75 Å². The minimum atomic E-state index is -0.264. The first-order chi connectivity index (χ1) is 9.20. The van der Waals surface area contributed by atoms with Gasteiger partial charge in [0.2, 0.25) is 0 Å². The molecule has 0 saturated carbocycles. The highest BCUT2D eigenvalue weighted by atomic mass is 19.1. The lowest BCUT2D eigenvalue weighted by molar-refractivity contribution is 0.0711. The normalized spacial score (nSPS) is 12.4. The van der Waals surface area contributed by atoms with Crippen LogP contribution in [0.4, 0.5) is 4.39 Å². The maximum atomic E-state index is 13.8. The van der Waals surface area contributed by atoms with Crippen molar-refractivity contribution in [2.45, 2.75) is 13.0 Å². The second kappa shape index (κ2) is 8.85. The van der Waals surface area contributed by atoms with Gasteiger partial charge in [0, 0.05) is 25.3 Å². The van der Waals surface area contributed by atoms with Crippen LogP contribution < -0.4 is 10.1 Å². The Morgan fingerprint density at radius 2 is 2.00 bits per heavy atom. The lowest BCUT2D eigenvalue weighted by Gasteiger charge is -2.18. The van der Waals surface area contributed by atoms with Gasteiger partial charge >= 0.3 is 0 Å². The van der Waals surface area contributed by atoms with Crippen LogP contribution in [0.3, 0.4) is 0 Å². The zero-order valence-electron chi connectivity index (χ0n) is 11.7. The Morgan fingerprint density at radius 3 is 2.68 bits per heavy atom. The SMILES string of the molecule is COCCOCCNC(C)c1c(F)cccc1OC. The molecule has 0 radical (unpaired) electrons. The van der Waals surface area contributed by atoms with Gasteiger partial charge in [-0.15, -0.1) is 0 Å². The fourth-order valence-corrected chi connectivity index (χ4v) is 1.81. The summed E-state index contributed by atoms with van der Waals surface area (Å²) in [5.41, 5.74) is 0.543.